The van der Waals surface area contributed by atoms with Gasteiger partial charge >= 0.3 is 0 Å². The quantitative estimate of drug-likeness (QED) is 0.301. The van der Waals surface area contributed by atoms with Crippen LogP contribution in [0.25, 0.3) is 0 Å². The van der Waals surface area contributed by atoms with Gasteiger partial charge in [-0.2, -0.15) is 0 Å². The summed E-state index contributed by atoms with van der Waals surface area (Å²) >= 11 is 0. The first kappa shape index (κ1) is 22.5. The lowest BCUT2D eigenvalue weighted by Gasteiger charge is -2.45. The average molecular weight is 392 g/mol. The molecule has 0 aliphatic carbocycles. The molecule has 0 N–H and O–H groups in total. The van der Waals surface area contributed by atoms with Crippen LogP contribution in [0.1, 0.15) is 60.3 Å². The SMILES string of the molecule is C#C[C](C)C(CCCCC)O[Si](c1ccccc1)(c1ccccc1)C(C)(C)C. The summed E-state index contributed by atoms with van der Waals surface area (Å²) in [5.41, 5.74) is 0. The summed E-state index contributed by atoms with van der Waals surface area (Å²) in [4.78, 5) is 0. The summed E-state index contributed by atoms with van der Waals surface area (Å²) in [5, 5.41) is 2.58. The van der Waals surface area contributed by atoms with Gasteiger partial charge in [0.05, 0.1) is 12.0 Å². The van der Waals surface area contributed by atoms with Crippen molar-refractivity contribution in [3.05, 3.63) is 66.6 Å². The van der Waals surface area contributed by atoms with Crippen LogP contribution in [0.15, 0.2) is 60.7 Å². The van der Waals surface area contributed by atoms with E-state index in [2.05, 4.69) is 101 Å². The van der Waals surface area contributed by atoms with Gasteiger partial charge in [-0.15, -0.1) is 6.42 Å². The van der Waals surface area contributed by atoms with Crippen molar-refractivity contribution in [3.63, 3.8) is 0 Å². The number of unbranched alkanes of at least 4 members (excludes halogenated alkanes) is 2. The van der Waals surface area contributed by atoms with Crippen molar-refractivity contribution in [2.45, 2.75) is 71.4 Å². The minimum atomic E-state index is -2.57. The monoisotopic (exact) mass is 391 g/mol. The van der Waals surface area contributed by atoms with E-state index in [9.17, 15) is 0 Å². The van der Waals surface area contributed by atoms with Crippen LogP contribution >= 0.6 is 0 Å². The number of hydrogen-bond acceptors (Lipinski definition) is 1. The maximum absolute atomic E-state index is 7.23. The lowest BCUT2D eigenvalue weighted by molar-refractivity contribution is 0.193. The van der Waals surface area contributed by atoms with Gasteiger partial charge in [0, 0.05) is 0 Å². The molecule has 149 valence electrons. The zero-order valence-corrected chi connectivity index (χ0v) is 19.2. The Hall–Kier alpha value is -1.82. The first-order valence-electron chi connectivity index (χ1n) is 10.5. The molecule has 2 aromatic carbocycles. The van der Waals surface area contributed by atoms with E-state index in [0.717, 1.165) is 18.8 Å². The van der Waals surface area contributed by atoms with Crippen LogP contribution in [-0.4, -0.2) is 14.4 Å². The lowest BCUT2D eigenvalue weighted by atomic mass is 10.0. The fraction of sp³-hybridized carbons (Fsp3) is 0.423. The third-order valence-corrected chi connectivity index (χ3v) is 10.6. The molecular formula is C26H35OSi. The fourth-order valence-electron chi connectivity index (χ4n) is 3.94. The minimum Gasteiger partial charge on any atom is -0.403 e. The Morgan fingerprint density at radius 2 is 1.46 bits per heavy atom. The molecular weight excluding hydrogens is 356 g/mol. The molecule has 28 heavy (non-hydrogen) atoms. The Balaban J connectivity index is 2.61. The molecule has 0 saturated carbocycles. The van der Waals surface area contributed by atoms with Crippen molar-refractivity contribution in [2.75, 3.05) is 0 Å². The molecule has 1 atom stereocenters. The maximum Gasteiger partial charge on any atom is 0.261 e. The largest absolute Gasteiger partial charge is 0.403 e. The Labute approximate surface area is 173 Å². The van der Waals surface area contributed by atoms with Crippen LogP contribution in [0.5, 0.6) is 0 Å². The van der Waals surface area contributed by atoms with Gasteiger partial charge in [0.2, 0.25) is 0 Å². The fourth-order valence-corrected chi connectivity index (χ4v) is 8.68. The summed E-state index contributed by atoms with van der Waals surface area (Å²) in [6.45, 7) is 11.2. The molecule has 0 aliphatic rings. The zero-order chi connectivity index (χ0) is 20.6. The molecule has 0 fully saturated rings. The van der Waals surface area contributed by atoms with E-state index in [1.807, 2.05) is 0 Å². The predicted octanol–water partition coefficient (Wildman–Crippen LogP) is 5.74. The molecule has 0 heterocycles. The summed E-state index contributed by atoms with van der Waals surface area (Å²) in [5.74, 6) is 3.89. The number of hydrogen-bond donors (Lipinski definition) is 0. The van der Waals surface area contributed by atoms with E-state index in [0.29, 0.717) is 0 Å². The van der Waals surface area contributed by atoms with Crippen LogP contribution < -0.4 is 10.4 Å². The standard InChI is InChI=1S/C26H35OSi/c1-7-9-12-21-25(22(3)8-2)27-28(26(4,5)6,23-17-13-10-14-18-23)24-19-15-11-16-20-24/h2,10-11,13-20,25H,7,9,12,21H2,1,3-6H3. The van der Waals surface area contributed by atoms with Crippen molar-refractivity contribution in [1.29, 1.82) is 0 Å². The van der Waals surface area contributed by atoms with Crippen molar-refractivity contribution in [1.82, 2.24) is 0 Å². The average Bonchev–Trinajstić information content (AvgIpc) is 2.70. The van der Waals surface area contributed by atoms with Crippen LogP contribution in [-0.2, 0) is 4.43 Å². The van der Waals surface area contributed by atoms with E-state index in [4.69, 9.17) is 10.8 Å². The number of benzene rings is 2. The van der Waals surface area contributed by atoms with E-state index < -0.39 is 8.32 Å². The molecule has 1 nitrogen and oxygen atoms in total. The molecule has 0 spiro atoms. The molecule has 0 bridgehead atoms. The molecule has 2 rings (SSSR count). The molecule has 0 aromatic heterocycles. The van der Waals surface area contributed by atoms with E-state index in [-0.39, 0.29) is 11.1 Å². The van der Waals surface area contributed by atoms with Gasteiger partial charge in [-0.3, -0.25) is 0 Å². The minimum absolute atomic E-state index is 0.0112. The summed E-state index contributed by atoms with van der Waals surface area (Å²) in [6.07, 6.45) is 10.3. The Morgan fingerprint density at radius 3 is 1.86 bits per heavy atom. The highest BCUT2D eigenvalue weighted by Crippen LogP contribution is 2.39. The second-order valence-corrected chi connectivity index (χ2v) is 12.8. The summed E-state index contributed by atoms with van der Waals surface area (Å²) < 4.78 is 7.23. The zero-order valence-electron chi connectivity index (χ0n) is 18.2. The summed E-state index contributed by atoms with van der Waals surface area (Å²) in [6, 6.07) is 21.6. The van der Waals surface area contributed by atoms with E-state index >= 15 is 0 Å². The van der Waals surface area contributed by atoms with Crippen LogP contribution in [0.4, 0.5) is 0 Å². The van der Waals surface area contributed by atoms with Gasteiger partial charge in [0.1, 0.15) is 0 Å². The molecule has 2 heteroatoms. The third kappa shape index (κ3) is 4.96. The number of terminal acetylenes is 1. The van der Waals surface area contributed by atoms with Crippen molar-refractivity contribution in [3.8, 4) is 12.3 Å². The lowest BCUT2D eigenvalue weighted by Crippen LogP contribution is -2.68. The van der Waals surface area contributed by atoms with Gasteiger partial charge in [-0.1, -0.05) is 114 Å². The van der Waals surface area contributed by atoms with Gasteiger partial charge < -0.3 is 4.43 Å². The first-order chi connectivity index (χ1) is 13.4. The topological polar surface area (TPSA) is 9.23 Å². The smallest absolute Gasteiger partial charge is 0.261 e. The highest BCUT2D eigenvalue weighted by molar-refractivity contribution is 6.99. The summed E-state index contributed by atoms with van der Waals surface area (Å²) in [7, 11) is -2.57. The first-order valence-corrected chi connectivity index (χ1v) is 12.4. The van der Waals surface area contributed by atoms with Crippen LogP contribution in [0.3, 0.4) is 0 Å². The maximum atomic E-state index is 7.23. The Morgan fingerprint density at radius 1 is 0.964 bits per heavy atom. The second kappa shape index (κ2) is 10.1. The van der Waals surface area contributed by atoms with Gasteiger partial charge in [-0.25, -0.2) is 0 Å². The van der Waals surface area contributed by atoms with Crippen molar-refractivity contribution in [2.24, 2.45) is 0 Å². The Bertz CT molecular complexity index is 700. The van der Waals surface area contributed by atoms with Gasteiger partial charge in [0.15, 0.2) is 0 Å². The molecule has 2 aromatic rings. The van der Waals surface area contributed by atoms with E-state index in [1.165, 1.54) is 23.2 Å². The van der Waals surface area contributed by atoms with Gasteiger partial charge in [-0.05, 0) is 28.8 Å². The highest BCUT2D eigenvalue weighted by Gasteiger charge is 2.51. The highest BCUT2D eigenvalue weighted by atomic mass is 28.4. The number of rotatable bonds is 9. The van der Waals surface area contributed by atoms with Crippen molar-refractivity contribution < 1.29 is 4.43 Å². The molecule has 0 amide bonds. The predicted molar refractivity (Wildman–Crippen MR) is 124 cm³/mol. The second-order valence-electron chi connectivity index (χ2n) is 8.59. The molecule has 0 saturated heterocycles. The third-order valence-electron chi connectivity index (χ3n) is 5.52. The Kier molecular flexibility index (Phi) is 8.10. The van der Waals surface area contributed by atoms with Crippen LogP contribution in [0.2, 0.25) is 5.04 Å². The van der Waals surface area contributed by atoms with Crippen molar-refractivity contribution >= 4 is 18.7 Å². The van der Waals surface area contributed by atoms with E-state index in [1.54, 1.807) is 0 Å². The molecule has 1 unspecified atom stereocenters. The van der Waals surface area contributed by atoms with Gasteiger partial charge in [0.25, 0.3) is 8.32 Å². The normalized spacial score (nSPS) is 13.3. The van der Waals surface area contributed by atoms with Crippen LogP contribution in [0, 0.1) is 18.3 Å². The molecule has 1 radical (unpaired) electrons. The molecule has 0 aliphatic heterocycles.